The quantitative estimate of drug-likeness (QED) is 0.929. The zero-order valence-electron chi connectivity index (χ0n) is 10.4. The Morgan fingerprint density at radius 1 is 1.42 bits per heavy atom. The van der Waals surface area contributed by atoms with Crippen molar-refractivity contribution < 1.29 is 13.2 Å². The molecule has 4 nitrogen and oxygen atoms in total. The lowest BCUT2D eigenvalue weighted by atomic mass is 10.0. The molecule has 1 heterocycles. The van der Waals surface area contributed by atoms with Crippen LogP contribution in [-0.2, 0) is 10.0 Å². The van der Waals surface area contributed by atoms with Gasteiger partial charge in [-0.15, -0.1) is 0 Å². The molecule has 1 aromatic carbocycles. The highest BCUT2D eigenvalue weighted by atomic mass is 35.5. The summed E-state index contributed by atoms with van der Waals surface area (Å²) in [5.41, 5.74) is 0.740. The van der Waals surface area contributed by atoms with Crippen LogP contribution >= 0.6 is 23.2 Å². The summed E-state index contributed by atoms with van der Waals surface area (Å²) in [4.78, 5) is 0. The van der Waals surface area contributed by atoms with Crippen LogP contribution in [0, 0.1) is 0 Å². The SMILES string of the molecule is CCS(=O)(=O)NC1CCCOc2c1ccc(Cl)c2Cl. The van der Waals surface area contributed by atoms with Crippen molar-refractivity contribution in [3.8, 4) is 5.75 Å². The summed E-state index contributed by atoms with van der Waals surface area (Å²) in [6.45, 7) is 2.10. The van der Waals surface area contributed by atoms with Crippen molar-refractivity contribution in [3.05, 3.63) is 27.7 Å². The molecule has 0 bridgehead atoms. The Morgan fingerprint density at radius 2 is 2.16 bits per heavy atom. The van der Waals surface area contributed by atoms with E-state index in [2.05, 4.69) is 4.72 Å². The fraction of sp³-hybridized carbons (Fsp3) is 0.500. The van der Waals surface area contributed by atoms with Crippen LogP contribution in [0.1, 0.15) is 31.4 Å². The summed E-state index contributed by atoms with van der Waals surface area (Å²) in [6, 6.07) is 3.10. The van der Waals surface area contributed by atoms with Crippen LogP contribution in [-0.4, -0.2) is 20.8 Å². The standard InChI is InChI=1S/C12H15Cl2NO3S/c1-2-19(16,17)15-10-4-3-7-18-12-8(10)5-6-9(13)11(12)14/h5-6,10,15H,2-4,7H2,1H3. The van der Waals surface area contributed by atoms with Crippen molar-refractivity contribution in [1.29, 1.82) is 0 Å². The van der Waals surface area contributed by atoms with Crippen LogP contribution in [0.4, 0.5) is 0 Å². The third-order valence-corrected chi connectivity index (χ3v) is 5.23. The molecule has 0 saturated heterocycles. The van der Waals surface area contributed by atoms with Crippen molar-refractivity contribution in [2.75, 3.05) is 12.4 Å². The first-order chi connectivity index (χ1) is 8.94. The number of rotatable bonds is 3. The molecule has 1 unspecified atom stereocenters. The Kier molecular flexibility index (Phi) is 4.61. The first kappa shape index (κ1) is 14.9. The van der Waals surface area contributed by atoms with E-state index < -0.39 is 10.0 Å². The van der Waals surface area contributed by atoms with Crippen LogP contribution < -0.4 is 9.46 Å². The maximum Gasteiger partial charge on any atom is 0.211 e. The zero-order valence-corrected chi connectivity index (χ0v) is 12.8. The van der Waals surface area contributed by atoms with Gasteiger partial charge in [0.05, 0.1) is 23.4 Å². The third-order valence-electron chi connectivity index (χ3n) is 3.04. The Morgan fingerprint density at radius 3 is 2.84 bits per heavy atom. The highest BCUT2D eigenvalue weighted by Crippen LogP contribution is 2.41. The van der Waals surface area contributed by atoms with Crippen LogP contribution in [0.3, 0.4) is 0 Å². The van der Waals surface area contributed by atoms with E-state index in [4.69, 9.17) is 27.9 Å². The van der Waals surface area contributed by atoms with Gasteiger partial charge in [-0.1, -0.05) is 29.3 Å². The number of nitrogens with one attached hydrogen (secondary N) is 1. The van der Waals surface area contributed by atoms with Gasteiger partial charge in [-0.05, 0) is 25.8 Å². The van der Waals surface area contributed by atoms with Gasteiger partial charge in [0.25, 0.3) is 0 Å². The van der Waals surface area contributed by atoms with Gasteiger partial charge >= 0.3 is 0 Å². The molecule has 0 fully saturated rings. The van der Waals surface area contributed by atoms with E-state index in [-0.39, 0.29) is 11.8 Å². The zero-order chi connectivity index (χ0) is 14.0. The number of benzene rings is 1. The van der Waals surface area contributed by atoms with Crippen molar-refractivity contribution in [2.45, 2.75) is 25.8 Å². The summed E-state index contributed by atoms with van der Waals surface area (Å²) in [7, 11) is -3.28. The molecule has 0 radical (unpaired) electrons. The fourth-order valence-electron chi connectivity index (χ4n) is 2.01. The predicted octanol–water partition coefficient (Wildman–Crippen LogP) is 3.15. The predicted molar refractivity (Wildman–Crippen MR) is 76.5 cm³/mol. The lowest BCUT2D eigenvalue weighted by Gasteiger charge is -2.18. The van der Waals surface area contributed by atoms with Crippen molar-refractivity contribution in [1.82, 2.24) is 4.72 Å². The first-order valence-corrected chi connectivity index (χ1v) is 8.46. The van der Waals surface area contributed by atoms with Gasteiger partial charge in [0.15, 0.2) is 0 Å². The molecule has 0 aromatic heterocycles. The minimum Gasteiger partial charge on any atom is -0.492 e. The van der Waals surface area contributed by atoms with Crippen LogP contribution in [0.15, 0.2) is 12.1 Å². The fourth-order valence-corrected chi connectivity index (χ4v) is 3.23. The molecule has 7 heteroatoms. The van der Waals surface area contributed by atoms with Crippen molar-refractivity contribution >= 4 is 33.2 Å². The molecule has 106 valence electrons. The minimum absolute atomic E-state index is 0.0427. The number of fused-ring (bicyclic) bond motifs is 1. The number of sulfonamides is 1. The highest BCUT2D eigenvalue weighted by molar-refractivity contribution is 7.89. The Hall–Kier alpha value is -0.490. The lowest BCUT2D eigenvalue weighted by Crippen LogP contribution is -2.29. The largest absolute Gasteiger partial charge is 0.492 e. The van der Waals surface area contributed by atoms with E-state index in [1.165, 1.54) is 0 Å². The second kappa shape index (κ2) is 5.87. The Labute approximate surface area is 123 Å². The van der Waals surface area contributed by atoms with Gasteiger partial charge in [-0.3, -0.25) is 0 Å². The number of hydrogen-bond donors (Lipinski definition) is 1. The molecule has 0 saturated carbocycles. The summed E-state index contributed by atoms with van der Waals surface area (Å²) in [6.07, 6.45) is 1.42. The van der Waals surface area contributed by atoms with Gasteiger partial charge in [0, 0.05) is 5.56 Å². The third kappa shape index (κ3) is 3.34. The van der Waals surface area contributed by atoms with Gasteiger partial charge in [-0.25, -0.2) is 13.1 Å². The Balaban J connectivity index is 2.41. The topological polar surface area (TPSA) is 55.4 Å². The molecular formula is C12H15Cl2NO3S. The van der Waals surface area contributed by atoms with E-state index in [0.717, 1.165) is 12.0 Å². The molecule has 1 aliphatic heterocycles. The smallest absolute Gasteiger partial charge is 0.211 e. The number of ether oxygens (including phenoxy) is 1. The molecule has 0 spiro atoms. The maximum atomic E-state index is 11.7. The molecule has 0 aliphatic carbocycles. The van der Waals surface area contributed by atoms with Crippen LogP contribution in [0.25, 0.3) is 0 Å². The maximum absolute atomic E-state index is 11.7. The normalized spacial score (nSPS) is 19.4. The lowest BCUT2D eigenvalue weighted by molar-refractivity contribution is 0.316. The Bertz CT molecular complexity index is 575. The van der Waals surface area contributed by atoms with Gasteiger partial charge in [0.2, 0.25) is 10.0 Å². The molecule has 19 heavy (non-hydrogen) atoms. The summed E-state index contributed by atoms with van der Waals surface area (Å²) in [5, 5.41) is 0.737. The first-order valence-electron chi connectivity index (χ1n) is 6.05. The molecule has 1 aliphatic rings. The monoisotopic (exact) mass is 323 g/mol. The molecule has 2 rings (SSSR count). The summed E-state index contributed by atoms with van der Waals surface area (Å²) >= 11 is 12.1. The minimum atomic E-state index is -3.28. The van der Waals surface area contributed by atoms with Crippen molar-refractivity contribution in [2.24, 2.45) is 0 Å². The van der Waals surface area contributed by atoms with E-state index in [9.17, 15) is 8.42 Å². The number of hydrogen-bond acceptors (Lipinski definition) is 3. The second-order valence-corrected chi connectivity index (χ2v) is 7.17. The van der Waals surface area contributed by atoms with Crippen molar-refractivity contribution in [3.63, 3.8) is 0 Å². The van der Waals surface area contributed by atoms with E-state index in [1.54, 1.807) is 19.1 Å². The average molecular weight is 324 g/mol. The van der Waals surface area contributed by atoms with Crippen LogP contribution in [0.2, 0.25) is 10.0 Å². The average Bonchev–Trinajstić information content (AvgIpc) is 2.57. The second-order valence-electron chi connectivity index (χ2n) is 4.34. The molecule has 0 amide bonds. The summed E-state index contributed by atoms with van der Waals surface area (Å²) in [5.74, 6) is 0.525. The van der Waals surface area contributed by atoms with E-state index >= 15 is 0 Å². The van der Waals surface area contributed by atoms with E-state index in [0.29, 0.717) is 28.8 Å². The van der Waals surface area contributed by atoms with Gasteiger partial charge in [0.1, 0.15) is 10.8 Å². The number of halogens is 2. The molecule has 1 N–H and O–H groups in total. The molecule has 1 atom stereocenters. The van der Waals surface area contributed by atoms with E-state index in [1.807, 2.05) is 0 Å². The van der Waals surface area contributed by atoms with Gasteiger partial charge < -0.3 is 4.74 Å². The molecular weight excluding hydrogens is 309 g/mol. The van der Waals surface area contributed by atoms with Gasteiger partial charge in [-0.2, -0.15) is 0 Å². The summed E-state index contributed by atoms with van der Waals surface area (Å²) < 4.78 is 31.7. The highest BCUT2D eigenvalue weighted by Gasteiger charge is 2.26. The molecule has 1 aromatic rings. The van der Waals surface area contributed by atoms with Crippen LogP contribution in [0.5, 0.6) is 5.75 Å².